The predicted molar refractivity (Wildman–Crippen MR) is 89.8 cm³/mol. The van der Waals surface area contributed by atoms with Crippen molar-refractivity contribution in [1.82, 2.24) is 0 Å². The van der Waals surface area contributed by atoms with Crippen molar-refractivity contribution < 1.29 is 14.7 Å². The van der Waals surface area contributed by atoms with Crippen molar-refractivity contribution in [2.24, 2.45) is 0 Å². The number of hydrogen-bond acceptors (Lipinski definition) is 3. The van der Waals surface area contributed by atoms with Gasteiger partial charge in [-0.25, -0.2) is 0 Å². The smallest absolute Gasteiger partial charge is 0.323 e. The zero-order valence-electron chi connectivity index (χ0n) is 12.8. The minimum atomic E-state index is -0.910. The largest absolute Gasteiger partial charge is 0.480 e. The van der Waals surface area contributed by atoms with Crippen molar-refractivity contribution >= 4 is 23.5 Å². The third-order valence-electron chi connectivity index (χ3n) is 3.92. The van der Waals surface area contributed by atoms with Gasteiger partial charge in [-0.15, -0.1) is 0 Å². The molecule has 4 nitrogen and oxygen atoms in total. The Labute approximate surface area is 134 Å². The van der Waals surface area contributed by atoms with Crippen molar-refractivity contribution in [3.8, 4) is 0 Å². The van der Waals surface area contributed by atoms with Crippen molar-refractivity contribution in [3.63, 3.8) is 0 Å². The minimum Gasteiger partial charge on any atom is -0.480 e. The van der Waals surface area contributed by atoms with Crippen LogP contribution in [0.3, 0.4) is 0 Å². The molecule has 4 heteroatoms. The van der Waals surface area contributed by atoms with E-state index >= 15 is 0 Å². The Morgan fingerprint density at radius 1 is 1.17 bits per heavy atom. The molecule has 116 valence electrons. The molecule has 1 heterocycles. The summed E-state index contributed by atoms with van der Waals surface area (Å²) in [5, 5.41) is 9.18. The van der Waals surface area contributed by atoms with Gasteiger partial charge in [0.1, 0.15) is 6.54 Å². The van der Waals surface area contributed by atoms with E-state index in [1.54, 1.807) is 11.0 Å². The maximum absolute atomic E-state index is 12.8. The summed E-state index contributed by atoms with van der Waals surface area (Å²) in [4.78, 5) is 25.7. The van der Waals surface area contributed by atoms with Gasteiger partial charge in [-0.2, -0.15) is 0 Å². The Hall–Kier alpha value is -2.88. The molecule has 0 bridgehead atoms. The number of para-hydroxylation sites is 1. The second-order valence-electron chi connectivity index (χ2n) is 5.63. The van der Waals surface area contributed by atoms with Crippen LogP contribution in [-0.4, -0.2) is 29.9 Å². The Kier molecular flexibility index (Phi) is 3.98. The molecule has 0 aliphatic carbocycles. The molecule has 1 aliphatic rings. The van der Waals surface area contributed by atoms with Gasteiger partial charge < -0.3 is 10.0 Å². The van der Waals surface area contributed by atoms with Crippen LogP contribution < -0.4 is 4.90 Å². The molecule has 0 unspecified atom stereocenters. The van der Waals surface area contributed by atoms with Gasteiger partial charge >= 0.3 is 5.97 Å². The molecule has 0 radical (unpaired) electrons. The van der Waals surface area contributed by atoms with Crippen molar-refractivity contribution in [3.05, 3.63) is 70.8 Å². The normalized spacial score (nSPS) is 15.6. The fourth-order valence-corrected chi connectivity index (χ4v) is 2.95. The molecule has 0 saturated carbocycles. The monoisotopic (exact) mass is 307 g/mol. The number of Topliss-reactive ketones (excluding diaryl/α,β-unsaturated/α-hetero) is 1. The van der Waals surface area contributed by atoms with Gasteiger partial charge in [0.25, 0.3) is 0 Å². The van der Waals surface area contributed by atoms with E-state index in [0.29, 0.717) is 17.7 Å². The van der Waals surface area contributed by atoms with Gasteiger partial charge in [-0.3, -0.25) is 9.59 Å². The number of anilines is 1. The van der Waals surface area contributed by atoms with Crippen LogP contribution in [0.4, 0.5) is 5.69 Å². The molecule has 0 saturated heterocycles. The highest BCUT2D eigenvalue weighted by Crippen LogP contribution is 2.33. The molecule has 0 spiro atoms. The Bertz CT molecular complexity index is 794. The first-order valence-electron chi connectivity index (χ1n) is 7.43. The molecule has 0 fully saturated rings. The van der Waals surface area contributed by atoms with E-state index in [-0.39, 0.29) is 12.3 Å². The van der Waals surface area contributed by atoms with Crippen molar-refractivity contribution in [2.75, 3.05) is 18.0 Å². The Morgan fingerprint density at radius 2 is 1.91 bits per heavy atom. The lowest BCUT2D eigenvalue weighted by atomic mass is 9.92. The molecule has 23 heavy (non-hydrogen) atoms. The molecular weight excluding hydrogens is 290 g/mol. The summed E-state index contributed by atoms with van der Waals surface area (Å²) in [6.45, 7) is 2.07. The van der Waals surface area contributed by atoms with Crippen molar-refractivity contribution in [1.29, 1.82) is 0 Å². The molecule has 0 aromatic heterocycles. The van der Waals surface area contributed by atoms with E-state index in [4.69, 9.17) is 0 Å². The van der Waals surface area contributed by atoms with E-state index in [1.807, 2.05) is 55.5 Å². The summed E-state index contributed by atoms with van der Waals surface area (Å²) < 4.78 is 0. The number of carboxylic acid groups (broad SMARTS) is 1. The maximum atomic E-state index is 12.8. The second-order valence-corrected chi connectivity index (χ2v) is 5.63. The van der Waals surface area contributed by atoms with Gasteiger partial charge in [0, 0.05) is 17.7 Å². The molecular formula is C19H17NO3. The fourth-order valence-electron chi connectivity index (χ4n) is 2.95. The molecule has 2 aromatic carbocycles. The number of nitrogens with zero attached hydrogens (tertiary/aromatic N) is 1. The quantitative estimate of drug-likeness (QED) is 0.885. The number of ketones is 1. The molecule has 1 N–H and O–H groups in total. The van der Waals surface area contributed by atoms with Crippen LogP contribution in [0.15, 0.2) is 54.1 Å². The summed E-state index contributed by atoms with van der Waals surface area (Å²) >= 11 is 0. The molecule has 1 aliphatic heterocycles. The van der Waals surface area contributed by atoms with Gasteiger partial charge in [0.15, 0.2) is 5.78 Å². The number of carbonyl (C=O) groups is 2. The third-order valence-corrected chi connectivity index (χ3v) is 3.92. The standard InChI is InChI=1S/C19H17NO3/c1-13-6-5-9-16-18(13)20(12-17(21)22)11-15(19(16)23)10-14-7-3-2-4-8-14/h2-10H,11-12H2,1H3,(H,21,22)/b15-10+. The minimum absolute atomic E-state index is 0.0332. The third kappa shape index (κ3) is 3.01. The second kappa shape index (κ2) is 6.08. The number of rotatable bonds is 3. The van der Waals surface area contributed by atoms with Gasteiger partial charge in [0.05, 0.1) is 5.69 Å². The maximum Gasteiger partial charge on any atom is 0.323 e. The summed E-state index contributed by atoms with van der Waals surface area (Å²) in [6, 6.07) is 15.1. The number of carboxylic acids is 1. The highest BCUT2D eigenvalue weighted by Gasteiger charge is 2.29. The van der Waals surface area contributed by atoms with Crippen LogP contribution in [0.2, 0.25) is 0 Å². The fraction of sp³-hybridized carbons (Fsp3) is 0.158. The number of hydrogen-bond donors (Lipinski definition) is 1. The number of benzene rings is 2. The number of aryl methyl sites for hydroxylation is 1. The van der Waals surface area contributed by atoms with Crippen molar-refractivity contribution in [2.45, 2.75) is 6.92 Å². The lowest BCUT2D eigenvalue weighted by Gasteiger charge is -2.32. The molecule has 0 atom stereocenters. The SMILES string of the molecule is Cc1cccc2c1N(CC(=O)O)C/C(=C\c1ccccc1)C2=O. The lowest BCUT2D eigenvalue weighted by Crippen LogP contribution is -2.38. The zero-order valence-corrected chi connectivity index (χ0v) is 12.8. The van der Waals surface area contributed by atoms with E-state index in [2.05, 4.69) is 0 Å². The first kappa shape index (κ1) is 15.0. The Balaban J connectivity index is 2.08. The van der Waals surface area contributed by atoms with Crippen LogP contribution in [0, 0.1) is 6.92 Å². The lowest BCUT2D eigenvalue weighted by molar-refractivity contribution is -0.135. The summed E-state index contributed by atoms with van der Waals surface area (Å²) in [5.74, 6) is -0.943. The van der Waals surface area contributed by atoms with Crippen LogP contribution in [-0.2, 0) is 4.79 Å². The average Bonchev–Trinajstić information content (AvgIpc) is 2.52. The van der Waals surface area contributed by atoms with E-state index < -0.39 is 5.97 Å². The van der Waals surface area contributed by atoms with Crippen LogP contribution in [0.1, 0.15) is 21.5 Å². The highest BCUT2D eigenvalue weighted by atomic mass is 16.4. The van der Waals surface area contributed by atoms with Crippen LogP contribution in [0.25, 0.3) is 6.08 Å². The van der Waals surface area contributed by atoms with E-state index in [1.165, 1.54) is 0 Å². The Morgan fingerprint density at radius 3 is 2.61 bits per heavy atom. The number of aliphatic carboxylic acids is 1. The molecule has 3 rings (SSSR count). The number of carbonyl (C=O) groups excluding carboxylic acids is 1. The zero-order chi connectivity index (χ0) is 16.4. The topological polar surface area (TPSA) is 57.6 Å². The van der Waals surface area contributed by atoms with Gasteiger partial charge in [-0.05, 0) is 30.2 Å². The highest BCUT2D eigenvalue weighted by molar-refractivity contribution is 6.17. The summed E-state index contributed by atoms with van der Waals surface area (Å²) in [5.41, 5.74) is 3.75. The molecule has 0 amide bonds. The molecule has 2 aromatic rings. The van der Waals surface area contributed by atoms with E-state index in [9.17, 15) is 14.7 Å². The van der Waals surface area contributed by atoms with E-state index in [0.717, 1.165) is 16.8 Å². The summed E-state index contributed by atoms with van der Waals surface area (Å²) in [6.07, 6.45) is 1.84. The first-order chi connectivity index (χ1) is 11.1. The van der Waals surface area contributed by atoms with Gasteiger partial charge in [-0.1, -0.05) is 42.5 Å². The van der Waals surface area contributed by atoms with Gasteiger partial charge in [0.2, 0.25) is 0 Å². The summed E-state index contributed by atoms with van der Waals surface area (Å²) in [7, 11) is 0. The number of fused-ring (bicyclic) bond motifs is 1. The predicted octanol–water partition coefficient (Wildman–Crippen LogP) is 3.17. The van der Waals surface area contributed by atoms with Crippen LogP contribution >= 0.6 is 0 Å². The van der Waals surface area contributed by atoms with Crippen LogP contribution in [0.5, 0.6) is 0 Å². The first-order valence-corrected chi connectivity index (χ1v) is 7.43. The average molecular weight is 307 g/mol.